The van der Waals surface area contributed by atoms with Gasteiger partial charge in [-0.2, -0.15) is 13.2 Å². The summed E-state index contributed by atoms with van der Waals surface area (Å²) in [6, 6.07) is 7.38. The maximum absolute atomic E-state index is 12.7. The molecular formula is C15H16F3NS. The van der Waals surface area contributed by atoms with E-state index in [0.717, 1.165) is 6.07 Å². The fraction of sp³-hybridized carbons (Fsp3) is 0.333. The Labute approximate surface area is 120 Å². The molecule has 1 atom stereocenters. The van der Waals surface area contributed by atoms with Crippen LogP contribution in [0, 0.1) is 6.92 Å². The Morgan fingerprint density at radius 1 is 1.25 bits per heavy atom. The zero-order valence-corrected chi connectivity index (χ0v) is 12.1. The number of hydrogen-bond donors (Lipinski definition) is 1. The van der Waals surface area contributed by atoms with Crippen LogP contribution in [0.2, 0.25) is 0 Å². The van der Waals surface area contributed by atoms with Crippen LogP contribution in [0.3, 0.4) is 0 Å². The molecule has 1 N–H and O–H groups in total. The molecule has 0 amide bonds. The summed E-state index contributed by atoms with van der Waals surface area (Å²) in [5, 5.41) is 5.28. The summed E-state index contributed by atoms with van der Waals surface area (Å²) >= 11 is 1.65. The van der Waals surface area contributed by atoms with Gasteiger partial charge in [0.2, 0.25) is 0 Å². The van der Waals surface area contributed by atoms with Crippen LogP contribution in [-0.2, 0) is 12.7 Å². The van der Waals surface area contributed by atoms with E-state index >= 15 is 0 Å². The van der Waals surface area contributed by atoms with Crippen molar-refractivity contribution in [3.8, 4) is 0 Å². The number of nitrogens with one attached hydrogen (secondary N) is 1. The predicted molar refractivity (Wildman–Crippen MR) is 75.8 cm³/mol. The van der Waals surface area contributed by atoms with Crippen molar-refractivity contribution < 1.29 is 13.2 Å². The summed E-state index contributed by atoms with van der Waals surface area (Å²) in [4.78, 5) is 1.21. The molecule has 0 radical (unpaired) electrons. The lowest BCUT2D eigenvalue weighted by Crippen LogP contribution is -2.18. The molecule has 0 aliphatic rings. The molecule has 1 unspecified atom stereocenters. The third-order valence-corrected chi connectivity index (χ3v) is 4.27. The normalized spacial score (nSPS) is 13.4. The molecule has 5 heteroatoms. The predicted octanol–water partition coefficient (Wildman–Crippen LogP) is 4.93. The monoisotopic (exact) mass is 299 g/mol. The van der Waals surface area contributed by atoms with E-state index in [1.807, 2.05) is 25.3 Å². The number of aryl methyl sites for hydroxylation is 1. The molecule has 0 spiro atoms. The average Bonchev–Trinajstić information content (AvgIpc) is 2.81. The molecule has 2 aromatic rings. The lowest BCUT2D eigenvalue weighted by Gasteiger charge is -2.16. The Morgan fingerprint density at radius 2 is 2.00 bits per heavy atom. The molecule has 2 rings (SSSR count). The third kappa shape index (κ3) is 3.61. The van der Waals surface area contributed by atoms with E-state index in [-0.39, 0.29) is 6.04 Å². The molecule has 0 saturated carbocycles. The number of rotatable bonds is 4. The number of benzene rings is 1. The second-order valence-electron chi connectivity index (χ2n) is 4.75. The lowest BCUT2D eigenvalue weighted by molar-refractivity contribution is -0.137. The van der Waals surface area contributed by atoms with Gasteiger partial charge in [0.1, 0.15) is 0 Å². The van der Waals surface area contributed by atoms with E-state index in [2.05, 4.69) is 5.32 Å². The molecule has 1 aromatic heterocycles. The van der Waals surface area contributed by atoms with Gasteiger partial charge in [0, 0.05) is 17.5 Å². The van der Waals surface area contributed by atoms with Crippen LogP contribution in [0.4, 0.5) is 13.2 Å². The summed E-state index contributed by atoms with van der Waals surface area (Å²) < 4.78 is 38.0. The van der Waals surface area contributed by atoms with Gasteiger partial charge in [0.15, 0.2) is 0 Å². The molecule has 1 nitrogen and oxygen atoms in total. The first-order valence-electron chi connectivity index (χ1n) is 6.31. The molecule has 108 valence electrons. The summed E-state index contributed by atoms with van der Waals surface area (Å²) in [5.41, 5.74) is 1.25. The van der Waals surface area contributed by atoms with E-state index in [1.165, 1.54) is 22.6 Å². The Bertz CT molecular complexity index is 574. The van der Waals surface area contributed by atoms with E-state index in [1.54, 1.807) is 17.4 Å². The minimum atomic E-state index is -4.29. The van der Waals surface area contributed by atoms with Crippen molar-refractivity contribution in [2.24, 2.45) is 0 Å². The number of halogens is 3. The van der Waals surface area contributed by atoms with Crippen molar-refractivity contribution in [3.05, 3.63) is 57.3 Å². The fourth-order valence-electron chi connectivity index (χ4n) is 1.93. The fourth-order valence-corrected chi connectivity index (χ4v) is 2.79. The molecule has 0 aliphatic heterocycles. The van der Waals surface area contributed by atoms with Gasteiger partial charge >= 0.3 is 6.18 Å². The first-order chi connectivity index (χ1) is 9.38. The van der Waals surface area contributed by atoms with E-state index < -0.39 is 11.7 Å². The highest BCUT2D eigenvalue weighted by Crippen LogP contribution is 2.30. The van der Waals surface area contributed by atoms with Crippen LogP contribution >= 0.6 is 11.3 Å². The Kier molecular flexibility index (Phi) is 4.50. The van der Waals surface area contributed by atoms with Gasteiger partial charge in [-0.05, 0) is 48.6 Å². The zero-order chi connectivity index (χ0) is 14.8. The third-order valence-electron chi connectivity index (χ3n) is 3.25. The quantitative estimate of drug-likeness (QED) is 0.844. The molecule has 0 bridgehead atoms. The van der Waals surface area contributed by atoms with Gasteiger partial charge < -0.3 is 5.32 Å². The van der Waals surface area contributed by atoms with Crippen LogP contribution in [0.1, 0.15) is 34.5 Å². The minimum absolute atomic E-state index is 0.126. The first kappa shape index (κ1) is 15.1. The van der Waals surface area contributed by atoms with Gasteiger partial charge in [-0.1, -0.05) is 12.1 Å². The Hall–Kier alpha value is -1.33. The Balaban J connectivity index is 2.06. The zero-order valence-electron chi connectivity index (χ0n) is 11.3. The molecule has 1 heterocycles. The van der Waals surface area contributed by atoms with Gasteiger partial charge in [0.25, 0.3) is 0 Å². The van der Waals surface area contributed by atoms with Gasteiger partial charge in [-0.15, -0.1) is 11.3 Å². The van der Waals surface area contributed by atoms with Crippen LogP contribution in [0.15, 0.2) is 35.7 Å². The standard InChI is InChI=1S/C15H16F3NS/c1-10-6-7-20-14(10)9-19-11(2)12-4-3-5-13(8-12)15(16,17)18/h3-8,11,19H,9H2,1-2H3. The first-order valence-corrected chi connectivity index (χ1v) is 7.19. The highest BCUT2D eigenvalue weighted by Gasteiger charge is 2.30. The molecule has 0 fully saturated rings. The molecule has 1 aromatic carbocycles. The molecule has 0 aliphatic carbocycles. The van der Waals surface area contributed by atoms with Gasteiger partial charge in [0.05, 0.1) is 5.56 Å². The van der Waals surface area contributed by atoms with Crippen LogP contribution < -0.4 is 5.32 Å². The smallest absolute Gasteiger partial charge is 0.305 e. The second kappa shape index (κ2) is 5.97. The minimum Gasteiger partial charge on any atom is -0.305 e. The summed E-state index contributed by atoms with van der Waals surface area (Å²) in [6.07, 6.45) is -4.29. The SMILES string of the molecule is Cc1ccsc1CNC(C)c1cccc(C(F)(F)F)c1. The summed E-state index contributed by atoms with van der Waals surface area (Å²) in [7, 11) is 0. The average molecular weight is 299 g/mol. The highest BCUT2D eigenvalue weighted by molar-refractivity contribution is 7.10. The van der Waals surface area contributed by atoms with E-state index in [4.69, 9.17) is 0 Å². The maximum atomic E-state index is 12.7. The molecule has 20 heavy (non-hydrogen) atoms. The van der Waals surface area contributed by atoms with Crippen LogP contribution in [0.25, 0.3) is 0 Å². The van der Waals surface area contributed by atoms with Crippen LogP contribution in [-0.4, -0.2) is 0 Å². The molecule has 0 saturated heterocycles. The Morgan fingerprint density at radius 3 is 2.60 bits per heavy atom. The van der Waals surface area contributed by atoms with Crippen molar-refractivity contribution in [1.29, 1.82) is 0 Å². The number of hydrogen-bond acceptors (Lipinski definition) is 2. The van der Waals surface area contributed by atoms with Crippen molar-refractivity contribution in [2.45, 2.75) is 32.6 Å². The van der Waals surface area contributed by atoms with Gasteiger partial charge in [-0.25, -0.2) is 0 Å². The summed E-state index contributed by atoms with van der Waals surface area (Å²) in [6.45, 7) is 4.57. The van der Waals surface area contributed by atoms with Crippen LogP contribution in [0.5, 0.6) is 0 Å². The van der Waals surface area contributed by atoms with E-state index in [9.17, 15) is 13.2 Å². The molecular weight excluding hydrogens is 283 g/mol. The number of thiophene rings is 1. The van der Waals surface area contributed by atoms with E-state index in [0.29, 0.717) is 12.1 Å². The van der Waals surface area contributed by atoms with Crippen molar-refractivity contribution in [3.63, 3.8) is 0 Å². The van der Waals surface area contributed by atoms with Crippen molar-refractivity contribution >= 4 is 11.3 Å². The van der Waals surface area contributed by atoms with Crippen molar-refractivity contribution in [2.75, 3.05) is 0 Å². The second-order valence-corrected chi connectivity index (χ2v) is 5.75. The lowest BCUT2D eigenvalue weighted by atomic mass is 10.0. The van der Waals surface area contributed by atoms with Crippen molar-refractivity contribution in [1.82, 2.24) is 5.32 Å². The largest absolute Gasteiger partial charge is 0.416 e. The topological polar surface area (TPSA) is 12.0 Å². The van der Waals surface area contributed by atoms with Gasteiger partial charge in [-0.3, -0.25) is 0 Å². The maximum Gasteiger partial charge on any atom is 0.416 e. The summed E-state index contributed by atoms with van der Waals surface area (Å²) in [5.74, 6) is 0. The highest BCUT2D eigenvalue weighted by atomic mass is 32.1. The number of alkyl halides is 3.